The van der Waals surface area contributed by atoms with Crippen molar-refractivity contribution >= 4 is 17.7 Å². The summed E-state index contributed by atoms with van der Waals surface area (Å²) in [5, 5.41) is 0. The maximum absolute atomic E-state index is 12.8. The van der Waals surface area contributed by atoms with Gasteiger partial charge in [0, 0.05) is 13.1 Å². The van der Waals surface area contributed by atoms with Crippen LogP contribution in [0.1, 0.15) is 44.6 Å². The van der Waals surface area contributed by atoms with Crippen molar-refractivity contribution in [1.82, 2.24) is 9.80 Å². The van der Waals surface area contributed by atoms with Gasteiger partial charge in [-0.05, 0) is 24.8 Å². The van der Waals surface area contributed by atoms with E-state index in [0.717, 1.165) is 37.7 Å². The van der Waals surface area contributed by atoms with E-state index in [-0.39, 0.29) is 36.1 Å². The first-order valence-corrected chi connectivity index (χ1v) is 9.28. The van der Waals surface area contributed by atoms with Crippen molar-refractivity contribution in [2.45, 2.75) is 45.6 Å². The Hall–Kier alpha value is -2.17. The van der Waals surface area contributed by atoms with E-state index in [4.69, 9.17) is 0 Å². The van der Waals surface area contributed by atoms with E-state index < -0.39 is 0 Å². The predicted molar refractivity (Wildman–Crippen MR) is 94.3 cm³/mol. The van der Waals surface area contributed by atoms with Crippen molar-refractivity contribution in [2.75, 3.05) is 13.1 Å². The van der Waals surface area contributed by atoms with E-state index in [2.05, 4.69) is 0 Å². The summed E-state index contributed by atoms with van der Waals surface area (Å²) in [6.45, 7) is 3.04. The van der Waals surface area contributed by atoms with Crippen LogP contribution in [-0.4, -0.2) is 40.6 Å². The molecule has 0 aromatic heterocycles. The summed E-state index contributed by atoms with van der Waals surface area (Å²) in [5.74, 6) is -0.810. The summed E-state index contributed by atoms with van der Waals surface area (Å²) < 4.78 is 0. The molecule has 1 aromatic carbocycles. The Kier molecular flexibility index (Phi) is 5.51. The SMILES string of the molecule is CCCN(Cc1ccccc1)C(=O)CN1C(=O)C2CCCCC2C1=O. The third-order valence-electron chi connectivity index (χ3n) is 5.29. The van der Waals surface area contributed by atoms with Crippen LogP contribution < -0.4 is 0 Å². The molecular weight excluding hydrogens is 316 g/mol. The van der Waals surface area contributed by atoms with Gasteiger partial charge < -0.3 is 4.90 Å². The van der Waals surface area contributed by atoms with Crippen molar-refractivity contribution in [3.63, 3.8) is 0 Å². The van der Waals surface area contributed by atoms with Crippen LogP contribution in [0.2, 0.25) is 0 Å². The zero-order valence-electron chi connectivity index (χ0n) is 14.8. The summed E-state index contributed by atoms with van der Waals surface area (Å²) in [4.78, 5) is 40.9. The smallest absolute Gasteiger partial charge is 0.243 e. The number of carbonyl (C=O) groups excluding carboxylic acids is 3. The largest absolute Gasteiger partial charge is 0.337 e. The fourth-order valence-corrected chi connectivity index (χ4v) is 3.99. The number of amides is 3. The van der Waals surface area contributed by atoms with Crippen molar-refractivity contribution in [2.24, 2.45) is 11.8 Å². The highest BCUT2D eigenvalue weighted by Gasteiger charge is 2.48. The minimum Gasteiger partial charge on any atom is -0.337 e. The number of benzene rings is 1. The van der Waals surface area contributed by atoms with Crippen molar-refractivity contribution in [1.29, 1.82) is 0 Å². The molecule has 25 heavy (non-hydrogen) atoms. The molecule has 5 heteroatoms. The molecule has 134 valence electrons. The molecule has 1 saturated heterocycles. The van der Waals surface area contributed by atoms with Crippen LogP contribution in [0.25, 0.3) is 0 Å². The van der Waals surface area contributed by atoms with Gasteiger partial charge in [0.25, 0.3) is 0 Å². The van der Waals surface area contributed by atoms with E-state index >= 15 is 0 Å². The lowest BCUT2D eigenvalue weighted by Gasteiger charge is -2.25. The third kappa shape index (κ3) is 3.75. The molecule has 3 rings (SSSR count). The Balaban J connectivity index is 1.68. The zero-order valence-corrected chi connectivity index (χ0v) is 14.8. The van der Waals surface area contributed by atoms with Gasteiger partial charge in [-0.1, -0.05) is 50.1 Å². The summed E-state index contributed by atoms with van der Waals surface area (Å²) in [6, 6.07) is 9.80. The molecule has 2 aliphatic rings. The molecule has 1 aromatic rings. The number of likely N-dealkylation sites (tertiary alicyclic amines) is 1. The Bertz CT molecular complexity index is 620. The molecule has 0 spiro atoms. The molecule has 1 saturated carbocycles. The van der Waals surface area contributed by atoms with Crippen LogP contribution in [-0.2, 0) is 20.9 Å². The van der Waals surface area contributed by atoms with Crippen molar-refractivity contribution < 1.29 is 14.4 Å². The first kappa shape index (κ1) is 17.6. The summed E-state index contributed by atoms with van der Waals surface area (Å²) in [6.07, 6.45) is 4.40. The number of hydrogen-bond donors (Lipinski definition) is 0. The average Bonchev–Trinajstić information content (AvgIpc) is 2.87. The van der Waals surface area contributed by atoms with Gasteiger partial charge in [-0.2, -0.15) is 0 Å². The Morgan fingerprint density at radius 3 is 2.24 bits per heavy atom. The number of rotatable bonds is 6. The first-order chi connectivity index (χ1) is 12.1. The van der Waals surface area contributed by atoms with Crippen LogP contribution in [0.15, 0.2) is 30.3 Å². The van der Waals surface area contributed by atoms with Crippen LogP contribution in [0, 0.1) is 11.8 Å². The van der Waals surface area contributed by atoms with E-state index in [0.29, 0.717) is 13.1 Å². The van der Waals surface area contributed by atoms with Crippen LogP contribution in [0.4, 0.5) is 0 Å². The highest BCUT2D eigenvalue weighted by Crippen LogP contribution is 2.37. The van der Waals surface area contributed by atoms with Crippen molar-refractivity contribution in [3.8, 4) is 0 Å². The summed E-state index contributed by atoms with van der Waals surface area (Å²) >= 11 is 0. The fraction of sp³-hybridized carbons (Fsp3) is 0.550. The monoisotopic (exact) mass is 342 g/mol. The normalized spacial score (nSPS) is 22.8. The molecule has 1 aliphatic carbocycles. The fourth-order valence-electron chi connectivity index (χ4n) is 3.99. The van der Waals surface area contributed by atoms with Gasteiger partial charge in [-0.15, -0.1) is 0 Å². The third-order valence-corrected chi connectivity index (χ3v) is 5.29. The van der Waals surface area contributed by atoms with Gasteiger partial charge in [-0.25, -0.2) is 0 Å². The summed E-state index contributed by atoms with van der Waals surface area (Å²) in [5.41, 5.74) is 1.05. The number of carbonyl (C=O) groups is 3. The molecule has 5 nitrogen and oxygen atoms in total. The first-order valence-electron chi connectivity index (χ1n) is 9.28. The second kappa shape index (κ2) is 7.81. The summed E-state index contributed by atoms with van der Waals surface area (Å²) in [7, 11) is 0. The molecule has 2 fully saturated rings. The quantitative estimate of drug-likeness (QED) is 0.747. The van der Waals surface area contributed by atoms with Gasteiger partial charge in [0.15, 0.2) is 0 Å². The predicted octanol–water partition coefficient (Wildman–Crippen LogP) is 2.60. The molecule has 0 bridgehead atoms. The molecule has 1 heterocycles. The van der Waals surface area contributed by atoms with E-state index in [1.54, 1.807) is 4.90 Å². The number of nitrogens with zero attached hydrogens (tertiary/aromatic N) is 2. The standard InChI is InChI=1S/C20H26N2O3/c1-2-12-21(13-15-8-4-3-5-9-15)18(23)14-22-19(24)16-10-6-7-11-17(16)20(22)25/h3-5,8-9,16-17H,2,6-7,10-14H2,1H3. The highest BCUT2D eigenvalue weighted by atomic mass is 16.2. The topological polar surface area (TPSA) is 57.7 Å². The van der Waals surface area contributed by atoms with Crippen LogP contribution in [0.3, 0.4) is 0 Å². The Labute approximate surface area is 149 Å². The second-order valence-corrected chi connectivity index (χ2v) is 7.06. The van der Waals surface area contributed by atoms with E-state index in [9.17, 15) is 14.4 Å². The average molecular weight is 342 g/mol. The maximum atomic E-state index is 12.8. The zero-order chi connectivity index (χ0) is 17.8. The van der Waals surface area contributed by atoms with Gasteiger partial charge in [0.05, 0.1) is 11.8 Å². The second-order valence-electron chi connectivity index (χ2n) is 7.06. The van der Waals surface area contributed by atoms with Crippen molar-refractivity contribution in [3.05, 3.63) is 35.9 Å². The van der Waals surface area contributed by atoms with Crippen LogP contribution >= 0.6 is 0 Å². The lowest BCUT2D eigenvalue weighted by molar-refractivity contribution is -0.146. The molecule has 2 unspecified atom stereocenters. The minimum absolute atomic E-state index is 0.114. The van der Waals surface area contributed by atoms with Gasteiger partial charge in [0.1, 0.15) is 6.54 Å². The molecule has 3 amide bonds. The van der Waals surface area contributed by atoms with Gasteiger partial charge in [-0.3, -0.25) is 19.3 Å². The molecule has 0 N–H and O–H groups in total. The number of imide groups is 1. The van der Waals surface area contributed by atoms with Crippen LogP contribution in [0.5, 0.6) is 0 Å². The highest BCUT2D eigenvalue weighted by molar-refractivity contribution is 6.07. The minimum atomic E-state index is -0.192. The maximum Gasteiger partial charge on any atom is 0.243 e. The number of hydrogen-bond acceptors (Lipinski definition) is 3. The molecule has 2 atom stereocenters. The molecule has 1 aliphatic heterocycles. The van der Waals surface area contributed by atoms with E-state index in [1.165, 1.54) is 4.90 Å². The van der Waals surface area contributed by atoms with Gasteiger partial charge in [0.2, 0.25) is 17.7 Å². The lowest BCUT2D eigenvalue weighted by atomic mass is 9.81. The lowest BCUT2D eigenvalue weighted by Crippen LogP contribution is -2.43. The molecular formula is C20H26N2O3. The Morgan fingerprint density at radius 1 is 1.08 bits per heavy atom. The molecule has 0 radical (unpaired) electrons. The number of fused-ring (bicyclic) bond motifs is 1. The van der Waals surface area contributed by atoms with Gasteiger partial charge >= 0.3 is 0 Å². The Morgan fingerprint density at radius 2 is 1.68 bits per heavy atom. The van der Waals surface area contributed by atoms with E-state index in [1.807, 2.05) is 37.3 Å².